The van der Waals surface area contributed by atoms with E-state index in [2.05, 4.69) is 5.10 Å². The minimum absolute atomic E-state index is 0.0899. The standard InChI is InChI=1S/C14H21F3N2O/c1-2-7-19-9-11(8-18-19)13(20)10-3-5-12(6-4-10)14(15,16)17/h8-10,12-13,20H,2-7H2,1H3. The van der Waals surface area contributed by atoms with Crippen molar-refractivity contribution in [2.45, 2.75) is 57.9 Å². The van der Waals surface area contributed by atoms with Crippen molar-refractivity contribution < 1.29 is 18.3 Å². The molecular weight excluding hydrogens is 269 g/mol. The summed E-state index contributed by atoms with van der Waals surface area (Å²) in [5.74, 6) is -1.29. The Morgan fingerprint density at radius 3 is 2.55 bits per heavy atom. The van der Waals surface area contributed by atoms with Crippen LogP contribution in [0.2, 0.25) is 0 Å². The van der Waals surface area contributed by atoms with Gasteiger partial charge in [-0.25, -0.2) is 0 Å². The highest BCUT2D eigenvalue weighted by atomic mass is 19.4. The maximum atomic E-state index is 12.6. The zero-order chi connectivity index (χ0) is 14.8. The molecule has 0 aliphatic heterocycles. The molecule has 1 saturated carbocycles. The van der Waals surface area contributed by atoms with Crippen LogP contribution in [0.4, 0.5) is 13.2 Å². The van der Waals surface area contributed by atoms with E-state index in [1.54, 1.807) is 17.1 Å². The molecule has 1 N–H and O–H groups in total. The highest BCUT2D eigenvalue weighted by Gasteiger charge is 2.42. The summed E-state index contributed by atoms with van der Waals surface area (Å²) in [6, 6.07) is 0. The number of hydrogen-bond acceptors (Lipinski definition) is 2. The van der Waals surface area contributed by atoms with Crippen LogP contribution in [0.15, 0.2) is 12.4 Å². The molecule has 1 unspecified atom stereocenters. The number of aliphatic hydroxyl groups excluding tert-OH is 1. The van der Waals surface area contributed by atoms with Gasteiger partial charge in [-0.2, -0.15) is 18.3 Å². The first kappa shape index (κ1) is 15.4. The first-order valence-electron chi connectivity index (χ1n) is 7.19. The van der Waals surface area contributed by atoms with Gasteiger partial charge in [0.1, 0.15) is 0 Å². The van der Waals surface area contributed by atoms with Crippen LogP contribution < -0.4 is 0 Å². The molecule has 0 aromatic carbocycles. The number of aryl methyl sites for hydroxylation is 1. The fraction of sp³-hybridized carbons (Fsp3) is 0.786. The van der Waals surface area contributed by atoms with E-state index in [0.717, 1.165) is 13.0 Å². The highest BCUT2D eigenvalue weighted by molar-refractivity contribution is 5.09. The Bertz CT molecular complexity index is 422. The van der Waals surface area contributed by atoms with Crippen molar-refractivity contribution in [1.82, 2.24) is 9.78 Å². The Kier molecular flexibility index (Phi) is 4.73. The number of aromatic nitrogens is 2. The summed E-state index contributed by atoms with van der Waals surface area (Å²) >= 11 is 0. The van der Waals surface area contributed by atoms with Crippen molar-refractivity contribution in [3.8, 4) is 0 Å². The van der Waals surface area contributed by atoms with Crippen LogP contribution in [0.1, 0.15) is 50.7 Å². The van der Waals surface area contributed by atoms with Crippen molar-refractivity contribution in [2.75, 3.05) is 0 Å². The Morgan fingerprint density at radius 1 is 1.35 bits per heavy atom. The van der Waals surface area contributed by atoms with Gasteiger partial charge in [0.05, 0.1) is 18.2 Å². The molecule has 1 aliphatic carbocycles. The minimum Gasteiger partial charge on any atom is -0.388 e. The van der Waals surface area contributed by atoms with Crippen LogP contribution in [-0.4, -0.2) is 21.1 Å². The molecule has 0 bridgehead atoms. The molecule has 0 saturated heterocycles. The number of hydrogen-bond donors (Lipinski definition) is 1. The summed E-state index contributed by atoms with van der Waals surface area (Å²) in [6.45, 7) is 2.82. The molecule has 20 heavy (non-hydrogen) atoms. The molecule has 0 radical (unpaired) electrons. The third-order valence-electron chi connectivity index (χ3n) is 4.13. The Balaban J connectivity index is 1.92. The molecule has 1 aliphatic rings. The van der Waals surface area contributed by atoms with Gasteiger partial charge in [-0.1, -0.05) is 6.92 Å². The second kappa shape index (κ2) is 6.16. The lowest BCUT2D eigenvalue weighted by Gasteiger charge is -2.32. The average Bonchev–Trinajstić information content (AvgIpc) is 2.86. The molecule has 1 aromatic rings. The van der Waals surface area contributed by atoms with Crippen LogP contribution >= 0.6 is 0 Å². The zero-order valence-corrected chi connectivity index (χ0v) is 11.6. The quantitative estimate of drug-likeness (QED) is 0.918. The SMILES string of the molecule is CCCn1cc(C(O)C2CCC(C(F)(F)F)CC2)cn1. The van der Waals surface area contributed by atoms with E-state index >= 15 is 0 Å². The van der Waals surface area contributed by atoms with Crippen molar-refractivity contribution in [3.05, 3.63) is 18.0 Å². The van der Waals surface area contributed by atoms with E-state index in [9.17, 15) is 18.3 Å². The summed E-state index contributed by atoms with van der Waals surface area (Å²) < 4.78 is 39.6. The van der Waals surface area contributed by atoms with Gasteiger partial charge in [0.15, 0.2) is 0 Å². The van der Waals surface area contributed by atoms with E-state index < -0.39 is 18.2 Å². The Labute approximate surface area is 116 Å². The molecule has 2 rings (SSSR count). The lowest BCUT2D eigenvalue weighted by molar-refractivity contribution is -0.185. The lowest BCUT2D eigenvalue weighted by atomic mass is 9.78. The summed E-state index contributed by atoms with van der Waals surface area (Å²) in [7, 11) is 0. The summed E-state index contributed by atoms with van der Waals surface area (Å²) in [4.78, 5) is 0. The topological polar surface area (TPSA) is 38.0 Å². The number of aliphatic hydroxyl groups is 1. The van der Waals surface area contributed by atoms with Gasteiger partial charge in [-0.05, 0) is 38.0 Å². The monoisotopic (exact) mass is 290 g/mol. The van der Waals surface area contributed by atoms with Gasteiger partial charge in [0.2, 0.25) is 0 Å². The molecule has 114 valence electrons. The number of nitrogens with zero attached hydrogens (tertiary/aromatic N) is 2. The fourth-order valence-electron chi connectivity index (χ4n) is 2.92. The predicted molar refractivity (Wildman–Crippen MR) is 69.0 cm³/mol. The Morgan fingerprint density at radius 2 is 2.00 bits per heavy atom. The Hall–Kier alpha value is -1.04. The number of halogens is 3. The first-order valence-corrected chi connectivity index (χ1v) is 7.19. The molecule has 3 nitrogen and oxygen atoms in total. The van der Waals surface area contributed by atoms with Crippen molar-refractivity contribution in [3.63, 3.8) is 0 Å². The number of alkyl halides is 3. The molecule has 0 amide bonds. The second-order valence-electron chi connectivity index (χ2n) is 5.63. The second-order valence-corrected chi connectivity index (χ2v) is 5.63. The molecular formula is C14H21F3N2O. The van der Waals surface area contributed by atoms with Gasteiger partial charge in [-0.3, -0.25) is 4.68 Å². The van der Waals surface area contributed by atoms with Gasteiger partial charge in [-0.15, -0.1) is 0 Å². The molecule has 6 heteroatoms. The molecule has 1 heterocycles. The molecule has 0 spiro atoms. The van der Waals surface area contributed by atoms with Gasteiger partial charge >= 0.3 is 6.18 Å². The zero-order valence-electron chi connectivity index (χ0n) is 11.6. The van der Waals surface area contributed by atoms with Crippen molar-refractivity contribution >= 4 is 0 Å². The first-order chi connectivity index (χ1) is 9.41. The van der Waals surface area contributed by atoms with Crippen LogP contribution in [-0.2, 0) is 6.54 Å². The van der Waals surface area contributed by atoms with Crippen molar-refractivity contribution in [1.29, 1.82) is 0 Å². The summed E-state index contributed by atoms with van der Waals surface area (Å²) in [5.41, 5.74) is 0.717. The summed E-state index contributed by atoms with van der Waals surface area (Å²) in [6.07, 6.45) is 0.655. The van der Waals surface area contributed by atoms with Crippen LogP contribution in [0.5, 0.6) is 0 Å². The molecule has 1 atom stereocenters. The maximum Gasteiger partial charge on any atom is 0.391 e. The van der Waals surface area contributed by atoms with Crippen LogP contribution in [0, 0.1) is 11.8 Å². The summed E-state index contributed by atoms with van der Waals surface area (Å²) in [5, 5.41) is 14.4. The van der Waals surface area contributed by atoms with E-state index in [4.69, 9.17) is 0 Å². The predicted octanol–water partition coefficient (Wildman–Crippen LogP) is 3.70. The average molecular weight is 290 g/mol. The largest absolute Gasteiger partial charge is 0.391 e. The van der Waals surface area contributed by atoms with Gasteiger partial charge < -0.3 is 5.11 Å². The van der Waals surface area contributed by atoms with Crippen LogP contribution in [0.25, 0.3) is 0 Å². The van der Waals surface area contributed by atoms with E-state index in [0.29, 0.717) is 18.4 Å². The smallest absolute Gasteiger partial charge is 0.388 e. The fourth-order valence-corrected chi connectivity index (χ4v) is 2.92. The highest BCUT2D eigenvalue weighted by Crippen LogP contribution is 2.43. The molecule has 1 aromatic heterocycles. The normalized spacial score (nSPS) is 25.6. The maximum absolute atomic E-state index is 12.6. The van der Waals surface area contributed by atoms with Crippen LogP contribution in [0.3, 0.4) is 0 Å². The number of rotatable bonds is 4. The minimum atomic E-state index is -4.10. The van der Waals surface area contributed by atoms with E-state index in [1.807, 2.05) is 6.92 Å². The van der Waals surface area contributed by atoms with E-state index in [1.165, 1.54) is 0 Å². The molecule has 1 fully saturated rings. The third kappa shape index (κ3) is 3.53. The van der Waals surface area contributed by atoms with Gasteiger partial charge in [0, 0.05) is 18.3 Å². The van der Waals surface area contributed by atoms with Crippen molar-refractivity contribution in [2.24, 2.45) is 11.8 Å². The third-order valence-corrected chi connectivity index (χ3v) is 4.13. The van der Waals surface area contributed by atoms with Gasteiger partial charge in [0.25, 0.3) is 0 Å². The lowest BCUT2D eigenvalue weighted by Crippen LogP contribution is -2.29. The van der Waals surface area contributed by atoms with E-state index in [-0.39, 0.29) is 18.8 Å².